The fourth-order valence-corrected chi connectivity index (χ4v) is 1.53. The summed E-state index contributed by atoms with van der Waals surface area (Å²) < 4.78 is 4.91. The highest BCUT2D eigenvalue weighted by atomic mass is 35.5. The third-order valence-electron chi connectivity index (χ3n) is 1.99. The number of ether oxygens (including phenoxy) is 1. The summed E-state index contributed by atoms with van der Waals surface area (Å²) >= 11 is 11.7. The maximum Gasteiger partial charge on any atom is 0.321 e. The highest BCUT2D eigenvalue weighted by Gasteiger charge is 2.08. The molecule has 7 heteroatoms. The lowest BCUT2D eigenvalue weighted by atomic mass is 10.2. The summed E-state index contributed by atoms with van der Waals surface area (Å²) in [6.45, 7) is 0. The topological polar surface area (TPSA) is 73.9 Å². The van der Waals surface area contributed by atoms with Gasteiger partial charge in [-0.25, -0.2) is 0 Å². The number of nitrogens with zero attached hydrogens (tertiary/aromatic N) is 3. The number of aromatic nitrogens is 3. The fraction of sp³-hybridized carbons (Fsp3) is 0.100. The molecular weight excluding hydrogens is 263 g/mol. The van der Waals surface area contributed by atoms with Crippen LogP contribution in [0.25, 0.3) is 11.4 Å². The molecule has 2 rings (SSSR count). The van der Waals surface area contributed by atoms with Crippen molar-refractivity contribution < 1.29 is 4.74 Å². The number of nitrogens with two attached hydrogens (primary N) is 1. The van der Waals surface area contributed by atoms with Crippen molar-refractivity contribution >= 4 is 29.2 Å². The molecule has 0 saturated heterocycles. The second-order valence-electron chi connectivity index (χ2n) is 3.13. The van der Waals surface area contributed by atoms with E-state index in [1.807, 2.05) is 0 Å². The quantitative estimate of drug-likeness (QED) is 0.907. The van der Waals surface area contributed by atoms with E-state index in [2.05, 4.69) is 15.0 Å². The minimum atomic E-state index is 0.0814. The zero-order valence-electron chi connectivity index (χ0n) is 8.82. The summed E-state index contributed by atoms with van der Waals surface area (Å²) in [6.07, 6.45) is 0. The fourth-order valence-electron chi connectivity index (χ4n) is 1.23. The molecule has 0 saturated carbocycles. The monoisotopic (exact) mass is 270 g/mol. The maximum absolute atomic E-state index is 5.91. The molecule has 1 aromatic carbocycles. The first-order valence-corrected chi connectivity index (χ1v) is 5.36. The van der Waals surface area contributed by atoms with Crippen LogP contribution in [0, 0.1) is 0 Å². The molecule has 0 fully saturated rings. The van der Waals surface area contributed by atoms with E-state index >= 15 is 0 Å². The maximum atomic E-state index is 5.91. The van der Waals surface area contributed by atoms with Crippen molar-refractivity contribution in [2.24, 2.45) is 0 Å². The van der Waals surface area contributed by atoms with Gasteiger partial charge >= 0.3 is 6.01 Å². The molecule has 0 spiro atoms. The summed E-state index contributed by atoms with van der Waals surface area (Å²) in [4.78, 5) is 11.9. The molecule has 5 nitrogen and oxygen atoms in total. The molecule has 0 bridgehead atoms. The third-order valence-corrected chi connectivity index (χ3v) is 2.73. The smallest absolute Gasteiger partial charge is 0.321 e. The minimum absolute atomic E-state index is 0.0814. The van der Waals surface area contributed by atoms with Crippen LogP contribution >= 0.6 is 23.2 Å². The van der Waals surface area contributed by atoms with Crippen molar-refractivity contribution in [2.45, 2.75) is 0 Å². The molecule has 1 heterocycles. The largest absolute Gasteiger partial charge is 0.467 e. The van der Waals surface area contributed by atoms with Crippen molar-refractivity contribution in [1.82, 2.24) is 15.0 Å². The number of benzene rings is 1. The van der Waals surface area contributed by atoms with Crippen LogP contribution in [0.5, 0.6) is 6.01 Å². The molecule has 0 amide bonds. The first kappa shape index (κ1) is 11.9. The SMILES string of the molecule is COc1nc(N)nc(-c2ccc(Cl)c(Cl)c2)n1. The summed E-state index contributed by atoms with van der Waals surface area (Å²) in [5, 5.41) is 0.881. The van der Waals surface area contributed by atoms with Gasteiger partial charge in [-0.2, -0.15) is 15.0 Å². The number of rotatable bonds is 2. The predicted molar refractivity (Wildman–Crippen MR) is 66.2 cm³/mol. The van der Waals surface area contributed by atoms with E-state index in [4.69, 9.17) is 33.7 Å². The molecule has 88 valence electrons. The van der Waals surface area contributed by atoms with Crippen LogP contribution in [0.15, 0.2) is 18.2 Å². The van der Waals surface area contributed by atoms with E-state index in [0.717, 1.165) is 0 Å². The zero-order chi connectivity index (χ0) is 12.4. The molecule has 0 radical (unpaired) electrons. The van der Waals surface area contributed by atoms with Crippen molar-refractivity contribution in [2.75, 3.05) is 12.8 Å². The van der Waals surface area contributed by atoms with Crippen LogP contribution in [0.3, 0.4) is 0 Å². The highest BCUT2D eigenvalue weighted by Crippen LogP contribution is 2.27. The lowest BCUT2D eigenvalue weighted by Crippen LogP contribution is -2.02. The molecule has 2 aromatic rings. The van der Waals surface area contributed by atoms with Crippen molar-refractivity contribution in [3.05, 3.63) is 28.2 Å². The van der Waals surface area contributed by atoms with E-state index in [1.165, 1.54) is 7.11 Å². The van der Waals surface area contributed by atoms with E-state index in [1.54, 1.807) is 18.2 Å². The lowest BCUT2D eigenvalue weighted by Gasteiger charge is -2.04. The van der Waals surface area contributed by atoms with Crippen LogP contribution in [-0.4, -0.2) is 22.1 Å². The first-order valence-electron chi connectivity index (χ1n) is 4.61. The number of methoxy groups -OCH3 is 1. The Morgan fingerprint density at radius 1 is 1.12 bits per heavy atom. The second kappa shape index (κ2) is 4.73. The molecule has 0 aliphatic heterocycles. The van der Waals surface area contributed by atoms with Crippen molar-refractivity contribution in [1.29, 1.82) is 0 Å². The van der Waals surface area contributed by atoms with Gasteiger partial charge in [-0.3, -0.25) is 0 Å². The van der Waals surface area contributed by atoms with E-state index in [0.29, 0.717) is 21.4 Å². The summed E-state index contributed by atoms with van der Waals surface area (Å²) in [7, 11) is 1.45. The van der Waals surface area contributed by atoms with Gasteiger partial charge in [0.15, 0.2) is 5.82 Å². The highest BCUT2D eigenvalue weighted by molar-refractivity contribution is 6.42. The van der Waals surface area contributed by atoms with Crippen LogP contribution in [0.2, 0.25) is 10.0 Å². The van der Waals surface area contributed by atoms with Crippen molar-refractivity contribution in [3.8, 4) is 17.4 Å². The number of anilines is 1. The van der Waals surface area contributed by atoms with Gasteiger partial charge in [-0.15, -0.1) is 0 Å². The summed E-state index contributed by atoms with van der Waals surface area (Å²) in [5.41, 5.74) is 6.23. The number of halogens is 2. The van der Waals surface area contributed by atoms with Crippen LogP contribution in [0.4, 0.5) is 5.95 Å². The Balaban J connectivity index is 2.52. The molecular formula is C10H8Cl2N4O. The van der Waals surface area contributed by atoms with Crippen LogP contribution in [0.1, 0.15) is 0 Å². The Morgan fingerprint density at radius 3 is 2.53 bits per heavy atom. The van der Waals surface area contributed by atoms with Crippen LogP contribution in [-0.2, 0) is 0 Å². The Kier molecular flexibility index (Phi) is 3.31. The molecule has 0 atom stereocenters. The Morgan fingerprint density at radius 2 is 1.88 bits per heavy atom. The Hall–Kier alpha value is -1.59. The van der Waals surface area contributed by atoms with Crippen molar-refractivity contribution in [3.63, 3.8) is 0 Å². The van der Waals surface area contributed by atoms with Gasteiger partial charge < -0.3 is 10.5 Å². The standard InChI is InChI=1S/C10H8Cl2N4O/c1-17-10-15-8(14-9(13)16-10)5-2-3-6(11)7(12)4-5/h2-4H,1H3,(H2,13,14,15,16). The van der Waals surface area contributed by atoms with Gasteiger partial charge in [-0.05, 0) is 18.2 Å². The van der Waals surface area contributed by atoms with Gasteiger partial charge in [0.2, 0.25) is 5.95 Å². The molecule has 17 heavy (non-hydrogen) atoms. The lowest BCUT2D eigenvalue weighted by molar-refractivity contribution is 0.379. The van der Waals surface area contributed by atoms with Gasteiger partial charge in [0, 0.05) is 5.56 Å². The van der Waals surface area contributed by atoms with Gasteiger partial charge in [0.25, 0.3) is 0 Å². The zero-order valence-corrected chi connectivity index (χ0v) is 10.3. The molecule has 0 aliphatic rings. The average Bonchev–Trinajstić information content (AvgIpc) is 2.32. The van der Waals surface area contributed by atoms with E-state index in [9.17, 15) is 0 Å². The van der Waals surface area contributed by atoms with Crippen LogP contribution < -0.4 is 10.5 Å². The Bertz CT molecular complexity index is 562. The normalized spacial score (nSPS) is 10.3. The molecule has 2 N–H and O–H groups in total. The summed E-state index contributed by atoms with van der Waals surface area (Å²) in [6, 6.07) is 5.20. The molecule has 1 aromatic heterocycles. The first-order chi connectivity index (χ1) is 8.10. The van der Waals surface area contributed by atoms with Gasteiger partial charge in [0.05, 0.1) is 17.2 Å². The second-order valence-corrected chi connectivity index (χ2v) is 3.95. The number of hydrogen-bond donors (Lipinski definition) is 1. The van der Waals surface area contributed by atoms with E-state index < -0.39 is 0 Å². The third kappa shape index (κ3) is 2.57. The molecule has 0 aliphatic carbocycles. The van der Waals surface area contributed by atoms with E-state index in [-0.39, 0.29) is 12.0 Å². The predicted octanol–water partition coefficient (Wildman–Crippen LogP) is 2.44. The van der Waals surface area contributed by atoms with Gasteiger partial charge in [0.1, 0.15) is 0 Å². The van der Waals surface area contributed by atoms with Gasteiger partial charge in [-0.1, -0.05) is 23.2 Å². The average molecular weight is 271 g/mol. The summed E-state index contributed by atoms with van der Waals surface area (Å²) in [5.74, 6) is 0.464. The number of nitrogen functional groups attached to an aromatic ring is 1. The Labute approximate surface area is 108 Å². The molecule has 0 unspecified atom stereocenters. The minimum Gasteiger partial charge on any atom is -0.467 e. The number of hydrogen-bond acceptors (Lipinski definition) is 5.